The van der Waals surface area contributed by atoms with Crippen LogP contribution in [0.2, 0.25) is 0 Å². The zero-order valence-electron chi connectivity index (χ0n) is 13.2. The summed E-state index contributed by atoms with van der Waals surface area (Å²) in [5.74, 6) is 0.863. The van der Waals surface area contributed by atoms with Gasteiger partial charge in [-0.25, -0.2) is 4.79 Å². The Morgan fingerprint density at radius 2 is 2.14 bits per heavy atom. The Bertz CT molecular complexity index is 543. The second-order valence-corrected chi connectivity index (χ2v) is 6.09. The fourth-order valence-electron chi connectivity index (χ4n) is 2.24. The maximum Gasteiger partial charge on any atom is 0.410 e. The molecule has 0 saturated heterocycles. The van der Waals surface area contributed by atoms with Crippen molar-refractivity contribution in [2.24, 2.45) is 0 Å². The van der Waals surface area contributed by atoms with Crippen molar-refractivity contribution in [3.63, 3.8) is 0 Å². The molecule has 1 aromatic rings. The van der Waals surface area contributed by atoms with E-state index in [-0.39, 0.29) is 6.09 Å². The van der Waals surface area contributed by atoms with Gasteiger partial charge in [-0.3, -0.25) is 0 Å². The zero-order chi connectivity index (χ0) is 15.5. The van der Waals surface area contributed by atoms with E-state index in [1.807, 2.05) is 58.0 Å². The van der Waals surface area contributed by atoms with Crippen molar-refractivity contribution in [2.45, 2.75) is 39.8 Å². The van der Waals surface area contributed by atoms with Crippen LogP contribution in [0.3, 0.4) is 0 Å². The highest BCUT2D eigenvalue weighted by molar-refractivity contribution is 5.69. The average Bonchev–Trinajstić information content (AvgIpc) is 2.60. The number of ether oxygens (including phenoxy) is 2. The Kier molecular flexibility index (Phi) is 4.56. The van der Waals surface area contributed by atoms with Gasteiger partial charge < -0.3 is 14.4 Å². The van der Waals surface area contributed by atoms with Crippen LogP contribution in [-0.2, 0) is 11.3 Å². The van der Waals surface area contributed by atoms with Crippen molar-refractivity contribution < 1.29 is 14.3 Å². The highest BCUT2D eigenvalue weighted by Crippen LogP contribution is 2.29. The number of amides is 1. The molecule has 0 N–H and O–H groups in total. The van der Waals surface area contributed by atoms with Gasteiger partial charge in [-0.15, -0.1) is 0 Å². The normalized spacial score (nSPS) is 15.3. The van der Waals surface area contributed by atoms with Gasteiger partial charge in [0.15, 0.2) is 0 Å². The van der Waals surface area contributed by atoms with Gasteiger partial charge in [0.25, 0.3) is 0 Å². The van der Waals surface area contributed by atoms with Gasteiger partial charge in [-0.2, -0.15) is 0 Å². The first-order chi connectivity index (χ1) is 9.90. The fraction of sp³-hybridized carbons (Fsp3) is 0.471. The second kappa shape index (κ2) is 6.20. The van der Waals surface area contributed by atoms with E-state index in [0.29, 0.717) is 19.7 Å². The second-order valence-electron chi connectivity index (χ2n) is 6.09. The van der Waals surface area contributed by atoms with E-state index in [0.717, 1.165) is 16.9 Å². The first-order valence-corrected chi connectivity index (χ1v) is 7.26. The number of carbonyl (C=O) groups excluding carboxylic acids is 1. The van der Waals surface area contributed by atoms with Crippen molar-refractivity contribution in [3.05, 3.63) is 35.4 Å². The lowest BCUT2D eigenvalue weighted by Crippen LogP contribution is -2.37. The Morgan fingerprint density at radius 3 is 2.81 bits per heavy atom. The van der Waals surface area contributed by atoms with Gasteiger partial charge >= 0.3 is 6.09 Å². The van der Waals surface area contributed by atoms with E-state index < -0.39 is 5.60 Å². The van der Waals surface area contributed by atoms with Crippen molar-refractivity contribution in [3.8, 4) is 5.75 Å². The van der Waals surface area contributed by atoms with Gasteiger partial charge in [0.2, 0.25) is 0 Å². The summed E-state index contributed by atoms with van der Waals surface area (Å²) in [4.78, 5) is 13.9. The van der Waals surface area contributed by atoms with Crippen LogP contribution in [0, 0.1) is 0 Å². The summed E-state index contributed by atoms with van der Waals surface area (Å²) in [6.07, 6.45) is 3.70. The number of nitrogens with zero attached hydrogens (tertiary/aromatic N) is 1. The number of carbonyl (C=O) groups is 1. The van der Waals surface area contributed by atoms with Gasteiger partial charge in [0.05, 0.1) is 13.1 Å². The molecule has 0 atom stereocenters. The van der Waals surface area contributed by atoms with Gasteiger partial charge in [0, 0.05) is 11.1 Å². The van der Waals surface area contributed by atoms with Crippen LogP contribution in [0.5, 0.6) is 5.75 Å². The van der Waals surface area contributed by atoms with E-state index >= 15 is 0 Å². The summed E-state index contributed by atoms with van der Waals surface area (Å²) in [6, 6.07) is 5.99. The molecule has 1 heterocycles. The molecule has 1 aromatic carbocycles. The van der Waals surface area contributed by atoms with E-state index in [1.54, 1.807) is 4.90 Å². The van der Waals surface area contributed by atoms with E-state index in [2.05, 4.69) is 0 Å². The molecular formula is C17H23NO3. The van der Waals surface area contributed by atoms with Crippen molar-refractivity contribution in [2.75, 3.05) is 13.2 Å². The molecule has 0 spiro atoms. The highest BCUT2D eigenvalue weighted by atomic mass is 16.6. The van der Waals surface area contributed by atoms with Crippen LogP contribution in [0.1, 0.15) is 38.8 Å². The number of hydrogen-bond donors (Lipinski definition) is 0. The highest BCUT2D eigenvalue weighted by Gasteiger charge is 2.25. The number of para-hydroxylation sites is 1. The molecule has 0 fully saturated rings. The third-order valence-corrected chi connectivity index (χ3v) is 3.09. The molecule has 1 aliphatic rings. The number of allylic oxidation sites excluding steroid dienone is 1. The lowest BCUT2D eigenvalue weighted by Gasteiger charge is -2.26. The molecule has 1 amide bonds. The zero-order valence-corrected chi connectivity index (χ0v) is 13.2. The van der Waals surface area contributed by atoms with Gasteiger partial charge in [-0.1, -0.05) is 30.4 Å². The Labute approximate surface area is 126 Å². The van der Waals surface area contributed by atoms with Gasteiger partial charge in [0.1, 0.15) is 18.0 Å². The van der Waals surface area contributed by atoms with Crippen LogP contribution in [0.4, 0.5) is 4.79 Å². The number of benzene rings is 1. The largest absolute Gasteiger partial charge is 0.491 e. The standard InChI is InChI=1S/C17H23NO3/c1-5-7-13-8-6-9-14-12-18(10-11-20-15(13)14)16(19)21-17(2,3)4/h5-9H,10-12H2,1-4H3. The summed E-state index contributed by atoms with van der Waals surface area (Å²) in [6.45, 7) is 9.10. The number of fused-ring (bicyclic) bond motifs is 1. The first-order valence-electron chi connectivity index (χ1n) is 7.26. The predicted molar refractivity (Wildman–Crippen MR) is 83.3 cm³/mol. The summed E-state index contributed by atoms with van der Waals surface area (Å²) >= 11 is 0. The minimum atomic E-state index is -0.486. The molecular weight excluding hydrogens is 266 g/mol. The lowest BCUT2D eigenvalue weighted by molar-refractivity contribution is 0.0225. The van der Waals surface area contributed by atoms with Crippen LogP contribution < -0.4 is 4.74 Å². The minimum Gasteiger partial charge on any atom is -0.491 e. The maximum absolute atomic E-state index is 12.2. The Balaban J connectivity index is 2.22. The molecule has 21 heavy (non-hydrogen) atoms. The molecule has 1 aliphatic heterocycles. The summed E-state index contributed by atoms with van der Waals surface area (Å²) in [7, 11) is 0. The van der Waals surface area contributed by atoms with Crippen LogP contribution in [-0.4, -0.2) is 29.7 Å². The third-order valence-electron chi connectivity index (χ3n) is 3.09. The molecule has 0 aliphatic carbocycles. The third kappa shape index (κ3) is 4.00. The molecule has 0 aromatic heterocycles. The Morgan fingerprint density at radius 1 is 1.38 bits per heavy atom. The molecule has 0 saturated carbocycles. The number of rotatable bonds is 1. The van der Waals surface area contributed by atoms with E-state index in [9.17, 15) is 4.79 Å². The fourth-order valence-corrected chi connectivity index (χ4v) is 2.24. The lowest BCUT2D eigenvalue weighted by atomic mass is 10.1. The van der Waals surface area contributed by atoms with Crippen molar-refractivity contribution in [1.82, 2.24) is 4.90 Å². The molecule has 4 nitrogen and oxygen atoms in total. The van der Waals surface area contributed by atoms with Crippen molar-refractivity contribution >= 4 is 12.2 Å². The topological polar surface area (TPSA) is 38.8 Å². The van der Waals surface area contributed by atoms with Crippen molar-refractivity contribution in [1.29, 1.82) is 0 Å². The van der Waals surface area contributed by atoms with Gasteiger partial charge in [-0.05, 0) is 27.7 Å². The first kappa shape index (κ1) is 15.4. The summed E-state index contributed by atoms with van der Waals surface area (Å²) < 4.78 is 11.3. The Hall–Kier alpha value is -1.97. The molecule has 2 rings (SSSR count). The maximum atomic E-state index is 12.2. The quantitative estimate of drug-likeness (QED) is 0.788. The molecule has 0 radical (unpaired) electrons. The summed E-state index contributed by atoms with van der Waals surface area (Å²) in [5, 5.41) is 0. The van der Waals surface area contributed by atoms with Crippen LogP contribution in [0.25, 0.3) is 6.08 Å². The van der Waals surface area contributed by atoms with E-state index in [1.165, 1.54) is 0 Å². The van der Waals surface area contributed by atoms with Crippen LogP contribution >= 0.6 is 0 Å². The molecule has 4 heteroatoms. The van der Waals surface area contributed by atoms with Crippen LogP contribution in [0.15, 0.2) is 24.3 Å². The number of hydrogen-bond acceptors (Lipinski definition) is 3. The smallest absolute Gasteiger partial charge is 0.410 e. The SMILES string of the molecule is CC=Cc1cccc2c1OCCN(C(=O)OC(C)(C)C)C2. The predicted octanol–water partition coefficient (Wildman–Crippen LogP) is 3.85. The summed E-state index contributed by atoms with van der Waals surface area (Å²) in [5.41, 5.74) is 1.56. The monoisotopic (exact) mass is 289 g/mol. The molecule has 114 valence electrons. The minimum absolute atomic E-state index is 0.296. The van der Waals surface area contributed by atoms with E-state index in [4.69, 9.17) is 9.47 Å². The molecule has 0 unspecified atom stereocenters. The molecule has 0 bridgehead atoms. The average molecular weight is 289 g/mol.